The number of hydrogen-bond acceptors (Lipinski definition) is 5. The van der Waals surface area contributed by atoms with E-state index in [2.05, 4.69) is 5.10 Å². The van der Waals surface area contributed by atoms with Crippen LogP contribution in [0.5, 0.6) is 0 Å². The molecule has 3 rings (SSSR count). The summed E-state index contributed by atoms with van der Waals surface area (Å²) in [6.07, 6.45) is 2.60. The van der Waals surface area contributed by atoms with E-state index in [9.17, 15) is 8.42 Å². The van der Waals surface area contributed by atoms with E-state index in [0.717, 1.165) is 19.3 Å². The largest absolute Gasteiger partial charge is 0.348 e. The first-order valence-electron chi connectivity index (χ1n) is 7.77. The van der Waals surface area contributed by atoms with Gasteiger partial charge in [0.15, 0.2) is 6.29 Å². The van der Waals surface area contributed by atoms with Gasteiger partial charge in [-0.25, -0.2) is 8.42 Å². The summed E-state index contributed by atoms with van der Waals surface area (Å²) in [5, 5.41) is 4.39. The Labute approximate surface area is 131 Å². The van der Waals surface area contributed by atoms with Crippen LogP contribution in [0.25, 0.3) is 0 Å². The zero-order valence-electron chi connectivity index (χ0n) is 13.1. The molecule has 0 aliphatic carbocycles. The minimum atomic E-state index is -3.47. The van der Waals surface area contributed by atoms with Crippen LogP contribution >= 0.6 is 0 Å². The lowest BCUT2D eigenvalue weighted by Crippen LogP contribution is -2.36. The Bertz CT molecular complexity index is 629. The molecule has 0 unspecified atom stereocenters. The maximum atomic E-state index is 12.9. The summed E-state index contributed by atoms with van der Waals surface area (Å²) < 4.78 is 39.9. The molecule has 0 radical (unpaired) electrons. The van der Waals surface area contributed by atoms with Gasteiger partial charge in [-0.1, -0.05) is 6.42 Å². The molecule has 0 amide bonds. The number of aromatic nitrogens is 2. The molecule has 0 N–H and O–H groups in total. The fourth-order valence-electron chi connectivity index (χ4n) is 3.12. The second kappa shape index (κ2) is 6.27. The van der Waals surface area contributed by atoms with Gasteiger partial charge in [-0.15, -0.1) is 0 Å². The van der Waals surface area contributed by atoms with Crippen LogP contribution in [-0.4, -0.2) is 55.1 Å². The van der Waals surface area contributed by atoms with Gasteiger partial charge in [-0.05, 0) is 26.7 Å². The second-order valence-electron chi connectivity index (χ2n) is 5.82. The third-order valence-electron chi connectivity index (χ3n) is 4.24. The first kappa shape index (κ1) is 15.9. The topological polar surface area (TPSA) is 73.7 Å². The van der Waals surface area contributed by atoms with Gasteiger partial charge >= 0.3 is 0 Å². The Morgan fingerprint density at radius 1 is 1.14 bits per heavy atom. The van der Waals surface area contributed by atoms with Crippen molar-refractivity contribution in [1.82, 2.24) is 14.1 Å². The van der Waals surface area contributed by atoms with E-state index in [1.165, 1.54) is 0 Å². The molecule has 2 aliphatic heterocycles. The predicted molar refractivity (Wildman–Crippen MR) is 80.0 cm³/mol. The van der Waals surface area contributed by atoms with Crippen molar-refractivity contribution in [3.8, 4) is 0 Å². The minimum Gasteiger partial charge on any atom is -0.348 e. The first-order chi connectivity index (χ1) is 10.5. The second-order valence-corrected chi connectivity index (χ2v) is 7.69. The molecule has 0 spiro atoms. The highest BCUT2D eigenvalue weighted by atomic mass is 32.2. The highest BCUT2D eigenvalue weighted by Gasteiger charge is 2.32. The van der Waals surface area contributed by atoms with Gasteiger partial charge in [0.2, 0.25) is 10.0 Å². The summed E-state index contributed by atoms with van der Waals surface area (Å²) in [7, 11) is -3.47. The van der Waals surface area contributed by atoms with Crippen molar-refractivity contribution in [2.75, 3.05) is 26.3 Å². The molecule has 3 heterocycles. The third kappa shape index (κ3) is 2.92. The Morgan fingerprint density at radius 2 is 1.77 bits per heavy atom. The molecule has 2 fully saturated rings. The molecular formula is C14H23N3O4S. The van der Waals surface area contributed by atoms with E-state index in [-0.39, 0.29) is 6.29 Å². The molecule has 22 heavy (non-hydrogen) atoms. The Hall–Kier alpha value is -0.960. The van der Waals surface area contributed by atoms with Gasteiger partial charge in [0, 0.05) is 13.1 Å². The van der Waals surface area contributed by atoms with E-state index in [0.29, 0.717) is 49.1 Å². The molecule has 0 bridgehead atoms. The van der Waals surface area contributed by atoms with Gasteiger partial charge in [-0.2, -0.15) is 9.40 Å². The van der Waals surface area contributed by atoms with E-state index in [1.54, 1.807) is 22.8 Å². The van der Waals surface area contributed by atoms with Crippen LogP contribution in [0, 0.1) is 13.8 Å². The summed E-state index contributed by atoms with van der Waals surface area (Å²) >= 11 is 0. The summed E-state index contributed by atoms with van der Waals surface area (Å²) in [5.41, 5.74) is 1.20. The monoisotopic (exact) mass is 329 g/mol. The van der Waals surface area contributed by atoms with Crippen molar-refractivity contribution in [3.05, 3.63) is 11.4 Å². The highest BCUT2D eigenvalue weighted by molar-refractivity contribution is 7.89. The number of ether oxygens (including phenoxy) is 2. The van der Waals surface area contributed by atoms with Gasteiger partial charge in [0.25, 0.3) is 0 Å². The molecule has 1 aromatic rings. The summed E-state index contributed by atoms with van der Waals surface area (Å²) in [6, 6.07) is 0. The van der Waals surface area contributed by atoms with E-state index in [1.807, 2.05) is 0 Å². The zero-order chi connectivity index (χ0) is 15.7. The number of sulfonamides is 1. The van der Waals surface area contributed by atoms with Crippen molar-refractivity contribution in [2.45, 2.75) is 50.8 Å². The standard InChI is InChI=1S/C14H23N3O4S/c1-11-14(22(18,19)16-6-4-3-5-7-16)12(2)17(15-11)10-13-20-8-9-21-13/h13H,3-10H2,1-2H3. The molecular weight excluding hydrogens is 306 g/mol. The van der Waals surface area contributed by atoms with Crippen LogP contribution < -0.4 is 0 Å². The Balaban J connectivity index is 1.88. The quantitative estimate of drug-likeness (QED) is 0.825. The molecule has 2 aliphatic rings. The predicted octanol–water partition coefficient (Wildman–Crippen LogP) is 1.05. The molecule has 0 atom stereocenters. The summed E-state index contributed by atoms with van der Waals surface area (Å²) in [4.78, 5) is 0.340. The summed E-state index contributed by atoms with van der Waals surface area (Å²) in [6.45, 7) is 6.30. The van der Waals surface area contributed by atoms with Crippen LogP contribution in [0.15, 0.2) is 4.90 Å². The number of hydrogen-bond donors (Lipinski definition) is 0. The van der Waals surface area contributed by atoms with E-state index in [4.69, 9.17) is 9.47 Å². The lowest BCUT2D eigenvalue weighted by molar-refractivity contribution is -0.0549. The lowest BCUT2D eigenvalue weighted by Gasteiger charge is -2.26. The third-order valence-corrected chi connectivity index (χ3v) is 6.39. The maximum Gasteiger partial charge on any atom is 0.246 e. The van der Waals surface area contributed by atoms with Crippen molar-refractivity contribution < 1.29 is 17.9 Å². The van der Waals surface area contributed by atoms with E-state index < -0.39 is 10.0 Å². The van der Waals surface area contributed by atoms with Crippen molar-refractivity contribution >= 4 is 10.0 Å². The average Bonchev–Trinajstić information content (AvgIpc) is 3.09. The lowest BCUT2D eigenvalue weighted by atomic mass is 10.2. The number of aryl methyl sites for hydroxylation is 1. The highest BCUT2D eigenvalue weighted by Crippen LogP contribution is 2.26. The van der Waals surface area contributed by atoms with Crippen molar-refractivity contribution in [2.24, 2.45) is 0 Å². The van der Waals surface area contributed by atoms with Gasteiger partial charge in [0.05, 0.1) is 31.1 Å². The van der Waals surface area contributed by atoms with Crippen LogP contribution in [0.3, 0.4) is 0 Å². The Morgan fingerprint density at radius 3 is 2.41 bits per heavy atom. The van der Waals surface area contributed by atoms with Crippen LogP contribution in [-0.2, 0) is 26.0 Å². The molecule has 0 saturated carbocycles. The van der Waals surface area contributed by atoms with Gasteiger partial charge < -0.3 is 9.47 Å². The van der Waals surface area contributed by atoms with Gasteiger partial charge in [-0.3, -0.25) is 4.68 Å². The molecule has 124 valence electrons. The first-order valence-corrected chi connectivity index (χ1v) is 9.21. The molecule has 0 aromatic carbocycles. The number of rotatable bonds is 4. The zero-order valence-corrected chi connectivity index (χ0v) is 13.9. The van der Waals surface area contributed by atoms with E-state index >= 15 is 0 Å². The maximum absolute atomic E-state index is 12.9. The minimum absolute atomic E-state index is 0.340. The average molecular weight is 329 g/mol. The van der Waals surface area contributed by atoms with Crippen molar-refractivity contribution in [3.63, 3.8) is 0 Å². The molecule has 1 aromatic heterocycles. The number of piperidine rings is 1. The fraction of sp³-hybridized carbons (Fsp3) is 0.786. The van der Waals surface area contributed by atoms with Gasteiger partial charge in [0.1, 0.15) is 4.90 Å². The fourth-order valence-corrected chi connectivity index (χ4v) is 5.01. The van der Waals surface area contributed by atoms with Crippen LogP contribution in [0.4, 0.5) is 0 Å². The normalized spacial score (nSPS) is 21.5. The SMILES string of the molecule is Cc1nn(CC2OCCO2)c(C)c1S(=O)(=O)N1CCCCC1. The molecule has 2 saturated heterocycles. The van der Waals surface area contributed by atoms with Crippen molar-refractivity contribution in [1.29, 1.82) is 0 Å². The van der Waals surface area contributed by atoms with Crippen LogP contribution in [0.1, 0.15) is 30.7 Å². The summed E-state index contributed by atoms with van der Waals surface area (Å²) in [5.74, 6) is 0. The molecule has 8 heteroatoms. The molecule has 7 nitrogen and oxygen atoms in total. The van der Waals surface area contributed by atoms with Crippen LogP contribution in [0.2, 0.25) is 0 Å². The number of nitrogens with zero attached hydrogens (tertiary/aromatic N) is 3. The smallest absolute Gasteiger partial charge is 0.246 e. The Kier molecular flexibility index (Phi) is 4.54.